The monoisotopic (exact) mass is 378 g/mol. The van der Waals surface area contributed by atoms with Crippen molar-refractivity contribution in [2.75, 3.05) is 0 Å². The molecule has 1 aliphatic heterocycles. The van der Waals surface area contributed by atoms with Crippen molar-refractivity contribution in [2.24, 2.45) is 0 Å². The van der Waals surface area contributed by atoms with E-state index in [0.717, 1.165) is 42.6 Å². The quantitative estimate of drug-likeness (QED) is 0.684. The van der Waals surface area contributed by atoms with Gasteiger partial charge in [0, 0.05) is 17.5 Å². The van der Waals surface area contributed by atoms with Crippen LogP contribution in [0.3, 0.4) is 0 Å². The molecular formula is C22H23ClN4. The maximum absolute atomic E-state index is 6.23. The van der Waals surface area contributed by atoms with Gasteiger partial charge in [0.15, 0.2) is 5.82 Å². The van der Waals surface area contributed by atoms with Crippen LogP contribution in [-0.2, 0) is 13.1 Å². The number of fused-ring (bicyclic) bond motifs is 3. The van der Waals surface area contributed by atoms with Crippen molar-refractivity contribution in [3.05, 3.63) is 76.3 Å². The van der Waals surface area contributed by atoms with Crippen molar-refractivity contribution in [3.63, 3.8) is 0 Å². The van der Waals surface area contributed by atoms with E-state index in [1.807, 2.05) is 6.07 Å². The van der Waals surface area contributed by atoms with E-state index in [1.54, 1.807) is 0 Å². The van der Waals surface area contributed by atoms with E-state index < -0.39 is 0 Å². The molecule has 3 aromatic rings. The summed E-state index contributed by atoms with van der Waals surface area (Å²) in [5.74, 6) is 3.25. The van der Waals surface area contributed by atoms with Crippen LogP contribution >= 0.6 is 11.6 Å². The molecule has 1 fully saturated rings. The van der Waals surface area contributed by atoms with Gasteiger partial charge in [-0.1, -0.05) is 41.9 Å². The molecule has 1 saturated carbocycles. The molecule has 1 aromatic heterocycles. The summed E-state index contributed by atoms with van der Waals surface area (Å²) in [6, 6.07) is 17.0. The van der Waals surface area contributed by atoms with Crippen molar-refractivity contribution in [1.82, 2.24) is 20.1 Å². The highest BCUT2D eigenvalue weighted by Crippen LogP contribution is 2.41. The molecule has 4 nitrogen and oxygen atoms in total. The summed E-state index contributed by atoms with van der Waals surface area (Å²) in [6.45, 7) is 1.54. The predicted molar refractivity (Wildman–Crippen MR) is 107 cm³/mol. The molecule has 2 heterocycles. The first-order valence-electron chi connectivity index (χ1n) is 9.78. The molecule has 1 aliphatic carbocycles. The van der Waals surface area contributed by atoms with Gasteiger partial charge in [0.1, 0.15) is 5.82 Å². The molecule has 5 heteroatoms. The van der Waals surface area contributed by atoms with Crippen molar-refractivity contribution in [2.45, 2.75) is 50.6 Å². The summed E-state index contributed by atoms with van der Waals surface area (Å²) in [7, 11) is 0. The first-order valence-corrected chi connectivity index (χ1v) is 10.2. The molecule has 0 bridgehead atoms. The Morgan fingerprint density at radius 3 is 2.48 bits per heavy atom. The van der Waals surface area contributed by atoms with Gasteiger partial charge in [0.25, 0.3) is 0 Å². The molecule has 27 heavy (non-hydrogen) atoms. The Kier molecular flexibility index (Phi) is 4.46. The molecule has 0 unspecified atom stereocenters. The third kappa shape index (κ3) is 3.17. The second-order valence-electron chi connectivity index (χ2n) is 7.65. The summed E-state index contributed by atoms with van der Waals surface area (Å²) in [6.07, 6.45) is 4.74. The number of nitrogens with one attached hydrogen (secondary N) is 1. The van der Waals surface area contributed by atoms with Crippen molar-refractivity contribution < 1.29 is 0 Å². The molecule has 0 amide bonds. The molecule has 0 atom stereocenters. The molecule has 2 aromatic carbocycles. The third-order valence-corrected chi connectivity index (χ3v) is 6.23. The summed E-state index contributed by atoms with van der Waals surface area (Å²) >= 11 is 6.23. The minimum atomic E-state index is 0.466. The van der Waals surface area contributed by atoms with E-state index in [1.165, 1.54) is 29.7 Å². The molecule has 5 rings (SSSR count). The average molecular weight is 379 g/mol. The fraction of sp³-hybridized carbons (Fsp3) is 0.364. The number of halogens is 1. The number of aromatic nitrogens is 3. The molecular weight excluding hydrogens is 356 g/mol. The Hall–Kier alpha value is -2.17. The van der Waals surface area contributed by atoms with E-state index in [4.69, 9.17) is 11.6 Å². The number of nitrogens with zero attached hydrogens (tertiary/aromatic N) is 3. The van der Waals surface area contributed by atoms with Crippen LogP contribution in [0.5, 0.6) is 0 Å². The average Bonchev–Trinajstić information content (AvgIpc) is 3.04. The number of benzene rings is 2. The van der Waals surface area contributed by atoms with Gasteiger partial charge in [-0.05, 0) is 60.9 Å². The van der Waals surface area contributed by atoms with Crippen LogP contribution < -0.4 is 5.32 Å². The smallest absolute Gasteiger partial charge is 0.151 e. The lowest BCUT2D eigenvalue weighted by Crippen LogP contribution is -2.16. The van der Waals surface area contributed by atoms with Crippen LogP contribution in [0.4, 0.5) is 0 Å². The normalized spacial score (nSPS) is 22.0. The van der Waals surface area contributed by atoms with Gasteiger partial charge in [0.05, 0.1) is 12.2 Å². The maximum atomic E-state index is 6.23. The Labute approximate surface area is 164 Å². The maximum Gasteiger partial charge on any atom is 0.151 e. The lowest BCUT2D eigenvalue weighted by molar-refractivity contribution is 0.382. The number of hydrogen-bond acceptors (Lipinski definition) is 3. The van der Waals surface area contributed by atoms with Crippen LogP contribution in [0.2, 0.25) is 5.02 Å². The van der Waals surface area contributed by atoms with Crippen molar-refractivity contribution in [1.29, 1.82) is 0 Å². The SMILES string of the molecule is Clc1ccc2c(c1)CNCc1nnc([C@H]3CC[C@H](c4ccccc4)CC3)n1-2. The van der Waals surface area contributed by atoms with Gasteiger partial charge in [0.2, 0.25) is 0 Å². The summed E-state index contributed by atoms with van der Waals surface area (Å²) < 4.78 is 2.28. The van der Waals surface area contributed by atoms with Gasteiger partial charge in [-0.3, -0.25) is 4.57 Å². The number of hydrogen-bond donors (Lipinski definition) is 1. The van der Waals surface area contributed by atoms with Gasteiger partial charge >= 0.3 is 0 Å². The van der Waals surface area contributed by atoms with Gasteiger partial charge in [-0.15, -0.1) is 10.2 Å². The van der Waals surface area contributed by atoms with E-state index in [9.17, 15) is 0 Å². The Morgan fingerprint density at radius 1 is 0.889 bits per heavy atom. The lowest BCUT2D eigenvalue weighted by Gasteiger charge is -2.28. The molecule has 2 aliphatic rings. The molecule has 0 spiro atoms. The highest BCUT2D eigenvalue weighted by Gasteiger charge is 2.29. The standard InChI is InChI=1S/C22H23ClN4/c23-19-10-11-20-18(12-19)13-24-14-21-25-26-22(27(20)21)17-8-6-16(7-9-17)15-4-2-1-3-5-15/h1-5,10-12,16-17,24H,6-9,13-14H2/t16-,17-. The van der Waals surface area contributed by atoms with Crippen molar-refractivity contribution in [3.8, 4) is 5.69 Å². The van der Waals surface area contributed by atoms with E-state index in [2.05, 4.69) is 62.5 Å². The highest BCUT2D eigenvalue weighted by atomic mass is 35.5. The van der Waals surface area contributed by atoms with Gasteiger partial charge in [-0.25, -0.2) is 0 Å². The Morgan fingerprint density at radius 2 is 1.67 bits per heavy atom. The van der Waals surface area contributed by atoms with Crippen LogP contribution in [0.1, 0.15) is 60.3 Å². The molecule has 0 saturated heterocycles. The second-order valence-corrected chi connectivity index (χ2v) is 8.08. The molecule has 138 valence electrons. The fourth-order valence-electron chi connectivity index (χ4n) is 4.60. The third-order valence-electron chi connectivity index (χ3n) is 6.00. The Balaban J connectivity index is 1.44. The molecule has 1 N–H and O–H groups in total. The minimum absolute atomic E-state index is 0.466. The zero-order valence-corrected chi connectivity index (χ0v) is 16.0. The molecule has 0 radical (unpaired) electrons. The lowest BCUT2D eigenvalue weighted by atomic mass is 9.78. The van der Waals surface area contributed by atoms with Gasteiger partial charge < -0.3 is 5.32 Å². The summed E-state index contributed by atoms with van der Waals surface area (Å²) in [5, 5.41) is 13.4. The van der Waals surface area contributed by atoms with Crippen LogP contribution in [0.25, 0.3) is 5.69 Å². The van der Waals surface area contributed by atoms with Crippen molar-refractivity contribution >= 4 is 11.6 Å². The zero-order valence-electron chi connectivity index (χ0n) is 15.2. The highest BCUT2D eigenvalue weighted by molar-refractivity contribution is 6.30. The number of rotatable bonds is 2. The summed E-state index contributed by atoms with van der Waals surface area (Å²) in [4.78, 5) is 0. The summed E-state index contributed by atoms with van der Waals surface area (Å²) in [5.41, 5.74) is 3.85. The minimum Gasteiger partial charge on any atom is -0.306 e. The van der Waals surface area contributed by atoms with Gasteiger partial charge in [-0.2, -0.15) is 0 Å². The van der Waals surface area contributed by atoms with Crippen LogP contribution in [0, 0.1) is 0 Å². The van der Waals surface area contributed by atoms with Crippen LogP contribution in [0.15, 0.2) is 48.5 Å². The second kappa shape index (κ2) is 7.10. The van der Waals surface area contributed by atoms with E-state index in [0.29, 0.717) is 11.8 Å². The topological polar surface area (TPSA) is 42.7 Å². The fourth-order valence-corrected chi connectivity index (χ4v) is 4.80. The Bertz CT molecular complexity index is 942. The zero-order chi connectivity index (χ0) is 18.2. The van der Waals surface area contributed by atoms with E-state index in [-0.39, 0.29) is 0 Å². The van der Waals surface area contributed by atoms with E-state index >= 15 is 0 Å². The first-order chi connectivity index (χ1) is 13.3. The predicted octanol–water partition coefficient (Wildman–Crippen LogP) is 4.97. The largest absolute Gasteiger partial charge is 0.306 e. The van der Waals surface area contributed by atoms with Crippen LogP contribution in [-0.4, -0.2) is 14.8 Å². The first kappa shape index (κ1) is 17.0.